The van der Waals surface area contributed by atoms with Crippen LogP contribution in [0, 0.1) is 17.7 Å². The third kappa shape index (κ3) is 3.77. The van der Waals surface area contributed by atoms with Crippen molar-refractivity contribution in [3.8, 4) is 22.5 Å². The number of carbonyl (C=O) groups is 1. The van der Waals surface area contributed by atoms with Crippen LogP contribution in [0.5, 0.6) is 0 Å². The molecule has 1 aliphatic heterocycles. The summed E-state index contributed by atoms with van der Waals surface area (Å²) in [4.78, 5) is 14.3. The number of benzene rings is 2. The number of tetrazole rings is 1. The first-order valence-electron chi connectivity index (χ1n) is 10.1. The van der Waals surface area contributed by atoms with Gasteiger partial charge in [-0.25, -0.2) is 9.07 Å². The van der Waals surface area contributed by atoms with Crippen molar-refractivity contribution in [2.75, 3.05) is 13.1 Å². The predicted octanol–water partition coefficient (Wildman–Crippen LogP) is 3.40. The van der Waals surface area contributed by atoms with Gasteiger partial charge in [0.25, 0.3) is 0 Å². The van der Waals surface area contributed by atoms with E-state index in [4.69, 9.17) is 0 Å². The maximum atomic E-state index is 13.1. The quantitative estimate of drug-likeness (QED) is 0.669. The summed E-state index contributed by atoms with van der Waals surface area (Å²) in [5.41, 5.74) is 2.91. The Bertz CT molecular complexity index is 1010. The van der Waals surface area contributed by atoms with Gasteiger partial charge in [-0.1, -0.05) is 36.4 Å². The minimum Gasteiger partial charge on any atom is -0.342 e. The maximum Gasteiger partial charge on any atom is 0.225 e. The molecule has 7 heteroatoms. The second kappa shape index (κ2) is 7.39. The first-order chi connectivity index (χ1) is 14.2. The second-order valence-electron chi connectivity index (χ2n) is 7.98. The van der Waals surface area contributed by atoms with Crippen molar-refractivity contribution in [3.05, 3.63) is 54.3 Å². The molecular weight excluding hydrogens is 369 g/mol. The Morgan fingerprint density at radius 2 is 1.62 bits per heavy atom. The normalized spacial score (nSPS) is 18.9. The van der Waals surface area contributed by atoms with E-state index >= 15 is 0 Å². The molecule has 5 rings (SSSR count). The van der Waals surface area contributed by atoms with Crippen molar-refractivity contribution in [3.63, 3.8) is 0 Å². The lowest BCUT2D eigenvalue weighted by Crippen LogP contribution is -2.30. The zero-order valence-corrected chi connectivity index (χ0v) is 16.0. The second-order valence-corrected chi connectivity index (χ2v) is 7.98. The van der Waals surface area contributed by atoms with Crippen molar-refractivity contribution in [2.45, 2.75) is 25.8 Å². The Labute approximate surface area is 168 Å². The van der Waals surface area contributed by atoms with Crippen LogP contribution in [0.4, 0.5) is 4.39 Å². The molecule has 2 aromatic carbocycles. The van der Waals surface area contributed by atoms with Crippen LogP contribution in [0.2, 0.25) is 0 Å². The minimum atomic E-state index is -0.242. The van der Waals surface area contributed by atoms with Crippen LogP contribution in [0.15, 0.2) is 48.5 Å². The predicted molar refractivity (Wildman–Crippen MR) is 106 cm³/mol. The molecule has 1 saturated heterocycles. The first-order valence-corrected chi connectivity index (χ1v) is 10.1. The third-order valence-electron chi connectivity index (χ3n) is 5.81. The summed E-state index contributed by atoms with van der Waals surface area (Å²) in [6.45, 7) is 2.33. The molecule has 2 aliphatic rings. The Kier molecular flexibility index (Phi) is 4.58. The summed E-state index contributed by atoms with van der Waals surface area (Å²) in [6, 6.07) is 14.4. The Balaban J connectivity index is 1.29. The maximum absolute atomic E-state index is 13.1. The van der Waals surface area contributed by atoms with Gasteiger partial charge in [-0.3, -0.25) is 4.79 Å². The van der Waals surface area contributed by atoms with Gasteiger partial charge in [-0.15, -0.1) is 5.10 Å². The van der Waals surface area contributed by atoms with Crippen LogP contribution >= 0.6 is 0 Å². The van der Waals surface area contributed by atoms with E-state index < -0.39 is 0 Å². The molecule has 2 heterocycles. The van der Waals surface area contributed by atoms with Crippen LogP contribution < -0.4 is 0 Å². The van der Waals surface area contributed by atoms with Crippen molar-refractivity contribution < 1.29 is 9.18 Å². The molecule has 2 fully saturated rings. The molecule has 29 heavy (non-hydrogen) atoms. The van der Waals surface area contributed by atoms with Gasteiger partial charge in [-0.05, 0) is 58.9 Å². The van der Waals surface area contributed by atoms with Crippen molar-refractivity contribution in [1.82, 2.24) is 25.1 Å². The number of rotatable bonds is 5. The number of likely N-dealkylation sites (tertiary alicyclic amines) is 1. The van der Waals surface area contributed by atoms with Gasteiger partial charge in [0.15, 0.2) is 5.82 Å². The third-order valence-corrected chi connectivity index (χ3v) is 5.81. The summed E-state index contributed by atoms with van der Waals surface area (Å²) in [7, 11) is 0. The van der Waals surface area contributed by atoms with Gasteiger partial charge in [0.1, 0.15) is 5.82 Å². The number of aromatic nitrogens is 4. The van der Waals surface area contributed by atoms with Crippen molar-refractivity contribution in [1.29, 1.82) is 0 Å². The molecule has 1 aliphatic carbocycles. The lowest BCUT2D eigenvalue weighted by Gasteiger charge is -2.16. The first kappa shape index (κ1) is 18.0. The topological polar surface area (TPSA) is 63.9 Å². The number of carbonyl (C=O) groups excluding carboxylic acids is 1. The van der Waals surface area contributed by atoms with Crippen LogP contribution in [-0.4, -0.2) is 44.1 Å². The van der Waals surface area contributed by atoms with E-state index in [9.17, 15) is 9.18 Å². The zero-order valence-electron chi connectivity index (χ0n) is 16.0. The Morgan fingerprint density at radius 3 is 2.31 bits per heavy atom. The summed E-state index contributed by atoms with van der Waals surface area (Å²) in [6.07, 6.45) is 3.08. The highest BCUT2D eigenvalue weighted by Gasteiger charge is 2.36. The molecule has 1 atom stereocenters. The van der Waals surface area contributed by atoms with Gasteiger partial charge in [0.05, 0.1) is 0 Å². The van der Waals surface area contributed by atoms with Crippen LogP contribution in [-0.2, 0) is 11.3 Å². The standard InChI is InChI=1S/C22H22FN5O/c23-20-9-7-17(8-10-20)16-1-3-18(4-2-16)21-24-25-26-28(21)14-15-11-12-27(13-15)22(29)19-5-6-19/h1-4,7-10,15,19H,5-6,11-14H2. The molecule has 1 saturated carbocycles. The van der Waals surface area contributed by atoms with Crippen molar-refractivity contribution in [2.24, 2.45) is 11.8 Å². The fraction of sp³-hybridized carbons (Fsp3) is 0.364. The van der Waals surface area contributed by atoms with Gasteiger partial charge < -0.3 is 4.90 Å². The van der Waals surface area contributed by atoms with Gasteiger partial charge in [-0.2, -0.15) is 0 Å². The Morgan fingerprint density at radius 1 is 0.966 bits per heavy atom. The molecule has 1 aromatic heterocycles. The largest absolute Gasteiger partial charge is 0.342 e. The van der Waals surface area contributed by atoms with E-state index in [1.54, 1.807) is 12.1 Å². The number of halogens is 1. The molecule has 0 bridgehead atoms. The summed E-state index contributed by atoms with van der Waals surface area (Å²) in [5, 5.41) is 12.2. The summed E-state index contributed by atoms with van der Waals surface area (Å²) >= 11 is 0. The zero-order chi connectivity index (χ0) is 19.8. The molecule has 0 radical (unpaired) electrons. The molecule has 3 aromatic rings. The number of nitrogens with zero attached hydrogens (tertiary/aromatic N) is 5. The van der Waals surface area contributed by atoms with E-state index in [0.717, 1.165) is 54.9 Å². The fourth-order valence-electron chi connectivity index (χ4n) is 4.00. The van der Waals surface area contributed by atoms with E-state index in [1.165, 1.54) is 12.1 Å². The van der Waals surface area contributed by atoms with E-state index in [0.29, 0.717) is 18.4 Å². The molecular formula is C22H22FN5O. The number of amides is 1. The highest BCUT2D eigenvalue weighted by Crippen LogP contribution is 2.33. The minimum absolute atomic E-state index is 0.242. The highest BCUT2D eigenvalue weighted by atomic mass is 19.1. The van der Waals surface area contributed by atoms with Gasteiger partial charge >= 0.3 is 0 Å². The molecule has 0 N–H and O–H groups in total. The van der Waals surface area contributed by atoms with Crippen LogP contribution in [0.1, 0.15) is 19.3 Å². The smallest absolute Gasteiger partial charge is 0.225 e. The van der Waals surface area contributed by atoms with Crippen LogP contribution in [0.25, 0.3) is 22.5 Å². The van der Waals surface area contributed by atoms with Crippen molar-refractivity contribution >= 4 is 5.91 Å². The average Bonchev–Trinajstić information content (AvgIpc) is 3.32. The van der Waals surface area contributed by atoms with E-state index in [1.807, 2.05) is 33.8 Å². The highest BCUT2D eigenvalue weighted by molar-refractivity contribution is 5.81. The number of hydrogen-bond acceptors (Lipinski definition) is 4. The lowest BCUT2D eigenvalue weighted by atomic mass is 10.0. The van der Waals surface area contributed by atoms with Gasteiger partial charge in [0, 0.05) is 31.1 Å². The SMILES string of the molecule is O=C(C1CC1)N1CCC(Cn2nnnc2-c2ccc(-c3ccc(F)cc3)cc2)C1. The lowest BCUT2D eigenvalue weighted by molar-refractivity contribution is -0.131. The molecule has 0 spiro atoms. The van der Waals surface area contributed by atoms with E-state index in [2.05, 4.69) is 15.5 Å². The molecule has 148 valence electrons. The summed E-state index contributed by atoms with van der Waals surface area (Å²) < 4.78 is 15.0. The molecule has 1 amide bonds. The molecule has 6 nitrogen and oxygen atoms in total. The average molecular weight is 391 g/mol. The monoisotopic (exact) mass is 391 g/mol. The van der Waals surface area contributed by atoms with E-state index in [-0.39, 0.29) is 11.7 Å². The fourth-order valence-corrected chi connectivity index (χ4v) is 4.00. The molecule has 1 unspecified atom stereocenters. The van der Waals surface area contributed by atoms with Crippen LogP contribution in [0.3, 0.4) is 0 Å². The number of hydrogen-bond donors (Lipinski definition) is 0. The summed E-state index contributed by atoms with van der Waals surface area (Å²) in [5.74, 6) is 1.45. The Hall–Kier alpha value is -3.09. The van der Waals surface area contributed by atoms with Gasteiger partial charge in [0.2, 0.25) is 5.91 Å².